The minimum Gasteiger partial charge on any atom is -0.407 e. The number of aromatic nitrogens is 2. The van der Waals surface area contributed by atoms with Gasteiger partial charge in [0.15, 0.2) is 0 Å². The van der Waals surface area contributed by atoms with Gasteiger partial charge in [0.2, 0.25) is 5.89 Å². The van der Waals surface area contributed by atoms with Gasteiger partial charge in [0.05, 0.1) is 6.54 Å². The second-order valence-corrected chi connectivity index (χ2v) is 5.81. The van der Waals surface area contributed by atoms with Crippen LogP contribution in [0.2, 0.25) is 0 Å². The van der Waals surface area contributed by atoms with Crippen molar-refractivity contribution in [3.8, 4) is 0 Å². The van der Waals surface area contributed by atoms with Crippen molar-refractivity contribution < 1.29 is 4.42 Å². The molecule has 2 heterocycles. The molecule has 19 heavy (non-hydrogen) atoms. The molecule has 2 aromatic heterocycles. The summed E-state index contributed by atoms with van der Waals surface area (Å²) >= 11 is 1.76. The van der Waals surface area contributed by atoms with Crippen LogP contribution in [0.15, 0.2) is 21.9 Å². The molecule has 0 atom stereocenters. The number of nitrogens with zero attached hydrogens (tertiary/aromatic N) is 2. The second kappa shape index (κ2) is 7.25. The van der Waals surface area contributed by atoms with E-state index in [1.54, 1.807) is 11.3 Å². The lowest BCUT2D eigenvalue weighted by Crippen LogP contribution is -2.19. The van der Waals surface area contributed by atoms with Gasteiger partial charge in [0.25, 0.3) is 0 Å². The van der Waals surface area contributed by atoms with Gasteiger partial charge in [-0.25, -0.2) is 0 Å². The Labute approximate surface area is 117 Å². The summed E-state index contributed by atoms with van der Waals surface area (Å²) in [5, 5.41) is 16.5. The molecule has 2 rings (SSSR count). The zero-order chi connectivity index (χ0) is 13.5. The van der Waals surface area contributed by atoms with E-state index in [9.17, 15) is 0 Å². The Morgan fingerprint density at radius 1 is 1.37 bits per heavy atom. The van der Waals surface area contributed by atoms with Gasteiger partial charge < -0.3 is 15.1 Å². The number of hydrogen-bond donors (Lipinski definition) is 2. The zero-order valence-corrected chi connectivity index (χ0v) is 12.2. The van der Waals surface area contributed by atoms with Crippen LogP contribution in [-0.4, -0.2) is 23.3 Å². The molecule has 6 heteroatoms. The first-order valence-electron chi connectivity index (χ1n) is 6.53. The van der Waals surface area contributed by atoms with E-state index in [0.717, 1.165) is 19.5 Å². The van der Waals surface area contributed by atoms with Crippen LogP contribution in [-0.2, 0) is 13.0 Å². The van der Waals surface area contributed by atoms with Gasteiger partial charge in [-0.05, 0) is 30.3 Å². The summed E-state index contributed by atoms with van der Waals surface area (Å²) < 4.78 is 5.49. The van der Waals surface area contributed by atoms with Crippen LogP contribution in [0.5, 0.6) is 0 Å². The molecule has 0 aliphatic carbocycles. The zero-order valence-electron chi connectivity index (χ0n) is 11.3. The lowest BCUT2D eigenvalue weighted by molar-refractivity contribution is 0.458. The van der Waals surface area contributed by atoms with Gasteiger partial charge in [0.1, 0.15) is 0 Å². The maximum atomic E-state index is 5.49. The third-order valence-corrected chi connectivity index (χ3v) is 3.46. The van der Waals surface area contributed by atoms with Gasteiger partial charge in [-0.2, -0.15) is 0 Å². The summed E-state index contributed by atoms with van der Waals surface area (Å²) in [5.74, 6) is 1.24. The van der Waals surface area contributed by atoms with Crippen molar-refractivity contribution >= 4 is 17.4 Å². The predicted molar refractivity (Wildman–Crippen MR) is 77.4 cm³/mol. The molecule has 2 N–H and O–H groups in total. The van der Waals surface area contributed by atoms with E-state index >= 15 is 0 Å². The molecule has 0 aromatic carbocycles. The lowest BCUT2D eigenvalue weighted by Gasteiger charge is -2.03. The van der Waals surface area contributed by atoms with Crippen LogP contribution >= 0.6 is 11.3 Å². The second-order valence-electron chi connectivity index (χ2n) is 4.78. The molecular formula is C13H20N4OS. The fourth-order valence-corrected chi connectivity index (χ4v) is 2.32. The Morgan fingerprint density at radius 2 is 2.26 bits per heavy atom. The molecule has 0 fully saturated rings. The predicted octanol–water partition coefficient (Wildman–Crippen LogP) is 2.53. The average molecular weight is 280 g/mol. The molecule has 2 aromatic rings. The third kappa shape index (κ3) is 5.00. The summed E-state index contributed by atoms with van der Waals surface area (Å²) in [6.45, 7) is 6.71. The molecule has 0 radical (unpaired) electrons. The SMILES string of the molecule is CC(C)CNCc1nnc(NCCc2cccs2)o1. The largest absolute Gasteiger partial charge is 0.407 e. The van der Waals surface area contributed by atoms with Crippen molar-refractivity contribution in [1.29, 1.82) is 0 Å². The molecule has 5 nitrogen and oxygen atoms in total. The van der Waals surface area contributed by atoms with Crippen LogP contribution in [0.3, 0.4) is 0 Å². The normalized spacial score (nSPS) is 11.1. The number of nitrogens with one attached hydrogen (secondary N) is 2. The number of rotatable bonds is 8. The molecular weight excluding hydrogens is 260 g/mol. The standard InChI is InChI=1S/C13H20N4OS/c1-10(2)8-14-9-12-16-17-13(18-12)15-6-5-11-4-3-7-19-11/h3-4,7,10,14H,5-6,8-9H2,1-2H3,(H,15,17). The highest BCUT2D eigenvalue weighted by molar-refractivity contribution is 7.09. The van der Waals surface area contributed by atoms with Gasteiger partial charge in [-0.3, -0.25) is 0 Å². The third-order valence-electron chi connectivity index (χ3n) is 2.52. The fraction of sp³-hybridized carbons (Fsp3) is 0.538. The van der Waals surface area contributed by atoms with E-state index in [2.05, 4.69) is 52.2 Å². The van der Waals surface area contributed by atoms with Gasteiger partial charge in [-0.1, -0.05) is 25.0 Å². The topological polar surface area (TPSA) is 63.0 Å². The quantitative estimate of drug-likeness (QED) is 0.778. The van der Waals surface area contributed by atoms with Gasteiger partial charge >= 0.3 is 6.01 Å². The molecule has 0 unspecified atom stereocenters. The molecule has 0 aliphatic rings. The molecule has 0 saturated carbocycles. The van der Waals surface area contributed by atoms with Crippen LogP contribution in [0.1, 0.15) is 24.6 Å². The highest BCUT2D eigenvalue weighted by Gasteiger charge is 2.05. The fourth-order valence-electron chi connectivity index (χ4n) is 1.61. The maximum Gasteiger partial charge on any atom is 0.315 e. The van der Waals surface area contributed by atoms with Crippen molar-refractivity contribution in [2.75, 3.05) is 18.4 Å². The first kappa shape index (κ1) is 14.0. The van der Waals surface area contributed by atoms with Crippen molar-refractivity contribution in [3.05, 3.63) is 28.3 Å². The minimum absolute atomic E-state index is 0.498. The Bertz CT molecular complexity index is 467. The molecule has 0 aliphatic heterocycles. The Kier molecular flexibility index (Phi) is 5.35. The first-order valence-corrected chi connectivity index (χ1v) is 7.41. The molecule has 0 bridgehead atoms. The van der Waals surface area contributed by atoms with Crippen molar-refractivity contribution in [1.82, 2.24) is 15.5 Å². The van der Waals surface area contributed by atoms with Crippen LogP contribution in [0.4, 0.5) is 6.01 Å². The van der Waals surface area contributed by atoms with E-state index in [4.69, 9.17) is 4.42 Å². The molecule has 0 saturated heterocycles. The Hall–Kier alpha value is -1.40. The van der Waals surface area contributed by atoms with Crippen molar-refractivity contribution in [2.24, 2.45) is 5.92 Å². The monoisotopic (exact) mass is 280 g/mol. The summed E-state index contributed by atoms with van der Waals surface area (Å²) in [7, 11) is 0. The smallest absolute Gasteiger partial charge is 0.315 e. The summed E-state index contributed by atoms with van der Waals surface area (Å²) in [6, 6.07) is 4.69. The highest BCUT2D eigenvalue weighted by atomic mass is 32.1. The van der Waals surface area contributed by atoms with E-state index in [1.807, 2.05) is 0 Å². The molecule has 104 valence electrons. The maximum absolute atomic E-state index is 5.49. The van der Waals surface area contributed by atoms with Crippen LogP contribution in [0, 0.1) is 5.92 Å². The minimum atomic E-state index is 0.498. The Morgan fingerprint density at radius 3 is 3.00 bits per heavy atom. The van der Waals surface area contributed by atoms with E-state index in [1.165, 1.54) is 4.88 Å². The summed E-state index contributed by atoms with van der Waals surface area (Å²) in [4.78, 5) is 1.35. The van der Waals surface area contributed by atoms with Crippen molar-refractivity contribution in [2.45, 2.75) is 26.8 Å². The highest BCUT2D eigenvalue weighted by Crippen LogP contribution is 2.10. The summed E-state index contributed by atoms with van der Waals surface area (Å²) in [5.41, 5.74) is 0. The number of hydrogen-bond acceptors (Lipinski definition) is 6. The Balaban J connectivity index is 1.68. The van der Waals surface area contributed by atoms with E-state index in [0.29, 0.717) is 24.4 Å². The molecule has 0 spiro atoms. The number of anilines is 1. The van der Waals surface area contributed by atoms with Crippen LogP contribution < -0.4 is 10.6 Å². The van der Waals surface area contributed by atoms with Gasteiger partial charge in [-0.15, -0.1) is 16.4 Å². The first-order chi connectivity index (χ1) is 9.24. The van der Waals surface area contributed by atoms with E-state index < -0.39 is 0 Å². The number of thiophene rings is 1. The van der Waals surface area contributed by atoms with E-state index in [-0.39, 0.29) is 0 Å². The molecule has 0 amide bonds. The van der Waals surface area contributed by atoms with Crippen molar-refractivity contribution in [3.63, 3.8) is 0 Å². The lowest BCUT2D eigenvalue weighted by atomic mass is 10.2. The summed E-state index contributed by atoms with van der Waals surface area (Å²) in [6.07, 6.45) is 0.973. The van der Waals surface area contributed by atoms with Crippen LogP contribution in [0.25, 0.3) is 0 Å². The van der Waals surface area contributed by atoms with Gasteiger partial charge in [0, 0.05) is 11.4 Å². The average Bonchev–Trinajstić information content (AvgIpc) is 3.00.